The second kappa shape index (κ2) is 11.5. The van der Waals surface area contributed by atoms with Gasteiger partial charge in [-0.2, -0.15) is 5.01 Å². The molecule has 13 heteroatoms. The predicted octanol–water partition coefficient (Wildman–Crippen LogP) is 2.90. The molecule has 2 saturated heterocycles. The Balaban J connectivity index is 1.27. The van der Waals surface area contributed by atoms with Crippen LogP contribution in [0.5, 0.6) is 5.75 Å². The number of hydrazine groups is 1. The van der Waals surface area contributed by atoms with Gasteiger partial charge in [-0.25, -0.2) is 14.2 Å². The van der Waals surface area contributed by atoms with Gasteiger partial charge in [0, 0.05) is 26.6 Å². The number of amides is 4. The molecule has 1 aromatic heterocycles. The number of benzene rings is 3. The smallest absolute Gasteiger partial charge is 0.332 e. The fourth-order valence-corrected chi connectivity index (χ4v) is 6.45. The molecule has 0 spiro atoms. The van der Waals surface area contributed by atoms with Gasteiger partial charge in [0.05, 0.1) is 23.3 Å². The maximum absolute atomic E-state index is 14.0. The van der Waals surface area contributed by atoms with Crippen molar-refractivity contribution in [2.24, 2.45) is 0 Å². The summed E-state index contributed by atoms with van der Waals surface area (Å²) in [4.78, 5) is 48.4. The van der Waals surface area contributed by atoms with E-state index >= 15 is 0 Å². The van der Waals surface area contributed by atoms with E-state index in [0.29, 0.717) is 5.13 Å². The molecule has 0 saturated carbocycles. The average Bonchev–Trinajstić information content (AvgIpc) is 3.54. The highest BCUT2D eigenvalue weighted by molar-refractivity contribution is 7.22. The minimum atomic E-state index is -0.823. The fraction of sp³-hybridized carbons (Fsp3) is 0.267. The lowest BCUT2D eigenvalue weighted by Gasteiger charge is -2.45. The first-order valence-corrected chi connectivity index (χ1v) is 14.5. The van der Waals surface area contributed by atoms with Crippen LogP contribution in [-0.2, 0) is 29.1 Å². The number of nitrogen functional groups attached to an aromatic ring is 1. The normalized spacial score (nSPS) is 18.7. The molecule has 0 aliphatic carbocycles. The Bertz CT molecular complexity index is 1680. The Hall–Kier alpha value is -4.75. The Labute approximate surface area is 250 Å². The van der Waals surface area contributed by atoms with Crippen molar-refractivity contribution in [2.45, 2.75) is 31.7 Å². The number of fused-ring (bicyclic) bond motifs is 2. The fourth-order valence-electron chi connectivity index (χ4n) is 5.67. The zero-order valence-corrected chi connectivity index (χ0v) is 24.1. The summed E-state index contributed by atoms with van der Waals surface area (Å²) < 4.78 is 14.2. The van der Waals surface area contributed by atoms with Crippen LogP contribution in [0.3, 0.4) is 0 Å². The van der Waals surface area contributed by atoms with Gasteiger partial charge in [0.1, 0.15) is 23.8 Å². The van der Waals surface area contributed by atoms with Gasteiger partial charge in [-0.05, 0) is 47.0 Å². The molecule has 6 rings (SSSR count). The number of aromatic hydroxyl groups is 1. The Kier molecular flexibility index (Phi) is 7.59. The summed E-state index contributed by atoms with van der Waals surface area (Å²) in [5.74, 6) is -0.751. The lowest BCUT2D eigenvalue weighted by atomic mass is 9.99. The summed E-state index contributed by atoms with van der Waals surface area (Å²) in [6.07, 6.45) is -0.367. The van der Waals surface area contributed by atoms with Gasteiger partial charge in [-0.15, -0.1) is 0 Å². The van der Waals surface area contributed by atoms with E-state index in [2.05, 4.69) is 10.3 Å². The van der Waals surface area contributed by atoms with E-state index in [1.54, 1.807) is 58.3 Å². The number of anilines is 1. The van der Waals surface area contributed by atoms with Crippen molar-refractivity contribution in [1.29, 1.82) is 0 Å². The van der Waals surface area contributed by atoms with Crippen LogP contribution in [0.15, 0.2) is 66.7 Å². The summed E-state index contributed by atoms with van der Waals surface area (Å²) in [7, 11) is 1.57. The van der Waals surface area contributed by atoms with Gasteiger partial charge < -0.3 is 26.0 Å². The molecule has 2 aliphatic rings. The van der Waals surface area contributed by atoms with E-state index in [0.717, 1.165) is 26.9 Å². The van der Waals surface area contributed by atoms with E-state index in [1.165, 1.54) is 28.5 Å². The molecular formula is C30H30FN7O4S. The van der Waals surface area contributed by atoms with Crippen molar-refractivity contribution >= 4 is 44.5 Å². The number of nitrogens with two attached hydrogens (primary N) is 1. The highest BCUT2D eigenvalue weighted by Crippen LogP contribution is 2.32. The maximum Gasteiger partial charge on any atom is 0.332 e. The van der Waals surface area contributed by atoms with Gasteiger partial charge >= 0.3 is 6.03 Å². The van der Waals surface area contributed by atoms with E-state index in [1.807, 2.05) is 18.2 Å². The van der Waals surface area contributed by atoms with Crippen LogP contribution in [0.2, 0.25) is 0 Å². The van der Waals surface area contributed by atoms with E-state index in [-0.39, 0.29) is 56.0 Å². The van der Waals surface area contributed by atoms with Crippen molar-refractivity contribution in [3.05, 3.63) is 89.2 Å². The van der Waals surface area contributed by atoms with Gasteiger partial charge in [0.25, 0.3) is 0 Å². The van der Waals surface area contributed by atoms with Crippen LogP contribution >= 0.6 is 11.3 Å². The molecule has 2 atom stereocenters. The molecule has 2 fully saturated rings. The van der Waals surface area contributed by atoms with Crippen molar-refractivity contribution in [1.82, 2.24) is 30.1 Å². The largest absolute Gasteiger partial charge is 0.508 e. The number of nitrogens with one attached hydrogen (secondary N) is 1. The van der Waals surface area contributed by atoms with Gasteiger partial charge in [0.15, 0.2) is 5.13 Å². The number of phenolic OH excluding ortho intramolecular Hbond substituents is 1. The number of carbonyl (C=O) groups is 3. The Morgan fingerprint density at radius 2 is 1.84 bits per heavy atom. The third-order valence-corrected chi connectivity index (χ3v) is 8.70. The number of piperazine rings is 1. The molecule has 222 valence electrons. The quantitative estimate of drug-likeness (QED) is 0.296. The second-order valence-electron chi connectivity index (χ2n) is 10.6. The maximum atomic E-state index is 14.0. The van der Waals surface area contributed by atoms with Crippen LogP contribution < -0.4 is 11.1 Å². The zero-order chi connectivity index (χ0) is 30.2. The van der Waals surface area contributed by atoms with Crippen molar-refractivity contribution in [3.63, 3.8) is 0 Å². The lowest BCUT2D eigenvalue weighted by molar-refractivity contribution is -0.157. The second-order valence-corrected chi connectivity index (χ2v) is 11.7. The summed E-state index contributed by atoms with van der Waals surface area (Å²) in [5, 5.41) is 16.0. The van der Waals surface area contributed by atoms with E-state index in [9.17, 15) is 23.9 Å². The molecule has 4 amide bonds. The number of halogens is 1. The van der Waals surface area contributed by atoms with Crippen LogP contribution in [0.25, 0.3) is 10.2 Å². The summed E-state index contributed by atoms with van der Waals surface area (Å²) in [6, 6.07) is 16.8. The first-order valence-electron chi connectivity index (χ1n) is 13.7. The van der Waals surface area contributed by atoms with Gasteiger partial charge in [0.2, 0.25) is 11.8 Å². The molecule has 2 aliphatic heterocycles. The lowest BCUT2D eigenvalue weighted by Crippen LogP contribution is -2.65. The van der Waals surface area contributed by atoms with Crippen molar-refractivity contribution < 1.29 is 23.9 Å². The number of urea groups is 1. The standard InChI is InChI=1S/C30H30FN7O4S/c1-35(30(42)33-14-19-5-9-21(31)10-6-19)37-17-26(40)38-23(13-18-7-11-22(39)12-8-18)28(41)36(16-25(37)38)15-20-3-2-4-24-27(20)34-29(32)43-24/h2-12,23,25,39H,13-17H2,1H3,(H2,32,34)(H,33,42)/t23-,25+/m0/s1. The number of rotatable bonds is 7. The number of nitrogens with zero attached hydrogens (tertiary/aromatic N) is 5. The van der Waals surface area contributed by atoms with Crippen molar-refractivity contribution in [3.8, 4) is 5.75 Å². The highest BCUT2D eigenvalue weighted by atomic mass is 32.1. The van der Waals surface area contributed by atoms with Gasteiger partial charge in [-0.1, -0.05) is 47.7 Å². The number of carbonyl (C=O) groups excluding carboxylic acids is 3. The Morgan fingerprint density at radius 1 is 1.12 bits per heavy atom. The molecule has 3 aromatic carbocycles. The SMILES string of the molecule is CN(C(=O)NCc1ccc(F)cc1)N1CC(=O)N2[C@@H](Cc3ccc(O)cc3)C(=O)N(Cc3cccc4sc(N)nc34)C[C@@H]21. The van der Waals surface area contributed by atoms with Crippen LogP contribution in [0.1, 0.15) is 16.7 Å². The first kappa shape index (κ1) is 28.4. The third-order valence-electron chi connectivity index (χ3n) is 7.85. The Morgan fingerprint density at radius 3 is 2.58 bits per heavy atom. The highest BCUT2D eigenvalue weighted by Gasteiger charge is 2.51. The number of phenols is 1. The molecule has 0 radical (unpaired) electrons. The molecule has 0 unspecified atom stereocenters. The molecule has 4 N–H and O–H groups in total. The molecular weight excluding hydrogens is 573 g/mol. The minimum Gasteiger partial charge on any atom is -0.508 e. The predicted molar refractivity (Wildman–Crippen MR) is 159 cm³/mol. The summed E-state index contributed by atoms with van der Waals surface area (Å²) in [6.45, 7) is 0.505. The number of aromatic nitrogens is 1. The monoisotopic (exact) mass is 603 g/mol. The van der Waals surface area contributed by atoms with Crippen LogP contribution in [-0.4, -0.2) is 80.1 Å². The molecule has 4 aromatic rings. The topological polar surface area (TPSA) is 135 Å². The van der Waals surface area contributed by atoms with Crippen LogP contribution in [0, 0.1) is 5.82 Å². The minimum absolute atomic E-state index is 0.0868. The van der Waals surface area contributed by atoms with E-state index in [4.69, 9.17) is 5.73 Å². The number of hydrogen-bond donors (Lipinski definition) is 3. The number of thiazole rings is 1. The third kappa shape index (κ3) is 5.68. The molecule has 3 heterocycles. The summed E-state index contributed by atoms with van der Waals surface area (Å²) in [5.41, 5.74) is 9.03. The molecule has 11 nitrogen and oxygen atoms in total. The number of para-hydroxylation sites is 1. The summed E-state index contributed by atoms with van der Waals surface area (Å²) >= 11 is 1.37. The van der Waals surface area contributed by atoms with Crippen molar-refractivity contribution in [2.75, 3.05) is 25.9 Å². The van der Waals surface area contributed by atoms with E-state index < -0.39 is 18.2 Å². The molecule has 43 heavy (non-hydrogen) atoms. The zero-order valence-electron chi connectivity index (χ0n) is 23.3. The number of hydrogen-bond acceptors (Lipinski definition) is 8. The first-order chi connectivity index (χ1) is 20.7. The van der Waals surface area contributed by atoms with Gasteiger partial charge in [-0.3, -0.25) is 14.6 Å². The average molecular weight is 604 g/mol. The van der Waals surface area contributed by atoms with Crippen LogP contribution in [0.4, 0.5) is 14.3 Å². The molecule has 0 bridgehead atoms.